The molecule has 2 heterocycles. The average Bonchev–Trinajstić information content (AvgIpc) is 3.32. The normalized spacial score (nSPS) is 23.4. The minimum absolute atomic E-state index is 0.00648. The largest absolute Gasteiger partial charge is 0.474 e. The van der Waals surface area contributed by atoms with Gasteiger partial charge in [-0.25, -0.2) is 14.8 Å². The number of carbonyl (C=O) groups excluding carboxylic acids is 2. The zero-order valence-corrected chi connectivity index (χ0v) is 21.1. The van der Waals surface area contributed by atoms with Gasteiger partial charge in [0.15, 0.2) is 0 Å². The maximum absolute atomic E-state index is 12.4. The molecule has 2 amide bonds. The molecule has 3 N–H and O–H groups in total. The number of nitrogens with two attached hydrogens (primary N) is 1. The van der Waals surface area contributed by atoms with Gasteiger partial charge in [-0.15, -0.1) is 11.3 Å². The van der Waals surface area contributed by atoms with Crippen molar-refractivity contribution >= 4 is 33.6 Å². The number of ether oxygens (including phenoxy) is 2. The molecule has 4 rings (SSSR count). The third kappa shape index (κ3) is 5.27. The number of nitrogens with zero attached hydrogens (tertiary/aromatic N) is 3. The lowest BCUT2D eigenvalue weighted by molar-refractivity contribution is -0.126. The molecule has 0 saturated heterocycles. The first-order valence-electron chi connectivity index (χ1n) is 11.9. The van der Waals surface area contributed by atoms with Crippen molar-refractivity contribution in [3.8, 4) is 5.88 Å². The SMILES string of the molecule is CN(C(=O)OC(C)(C)C)C1CCC(Oc2ncnc3sc4c(c23)[C@@H](C[C@@H](O)C(N)=O)CC4)CC1. The lowest BCUT2D eigenvalue weighted by Gasteiger charge is -2.35. The van der Waals surface area contributed by atoms with Gasteiger partial charge in [-0.1, -0.05) is 0 Å². The fraction of sp³-hybridized carbons (Fsp3) is 0.667. The van der Waals surface area contributed by atoms with E-state index >= 15 is 0 Å². The number of primary amides is 1. The van der Waals surface area contributed by atoms with Gasteiger partial charge in [-0.05, 0) is 77.2 Å². The molecule has 186 valence electrons. The van der Waals surface area contributed by atoms with Gasteiger partial charge in [0.1, 0.15) is 29.0 Å². The van der Waals surface area contributed by atoms with Crippen LogP contribution in [0.1, 0.15) is 75.7 Å². The molecule has 0 unspecified atom stereocenters. The van der Waals surface area contributed by atoms with Gasteiger partial charge < -0.3 is 25.2 Å². The van der Waals surface area contributed by atoms with Gasteiger partial charge in [0, 0.05) is 18.0 Å². The Hall–Kier alpha value is -2.46. The van der Waals surface area contributed by atoms with E-state index in [-0.39, 0.29) is 24.2 Å². The Morgan fingerprint density at radius 1 is 1.24 bits per heavy atom. The molecule has 2 aromatic heterocycles. The zero-order valence-electron chi connectivity index (χ0n) is 20.2. The molecule has 2 aliphatic rings. The Bertz CT molecular complexity index is 1060. The molecule has 0 aromatic carbocycles. The summed E-state index contributed by atoms with van der Waals surface area (Å²) in [7, 11) is 1.79. The molecule has 0 radical (unpaired) electrons. The highest BCUT2D eigenvalue weighted by Gasteiger charge is 2.34. The summed E-state index contributed by atoms with van der Waals surface area (Å²) in [4.78, 5) is 36.5. The van der Waals surface area contributed by atoms with Crippen LogP contribution in [0, 0.1) is 0 Å². The summed E-state index contributed by atoms with van der Waals surface area (Å²) in [5.74, 6) is -0.112. The van der Waals surface area contributed by atoms with E-state index in [2.05, 4.69) is 9.97 Å². The van der Waals surface area contributed by atoms with Crippen LogP contribution in [0.4, 0.5) is 4.79 Å². The second kappa shape index (κ2) is 9.65. The number of carbonyl (C=O) groups is 2. The molecule has 2 atom stereocenters. The van der Waals surface area contributed by atoms with Crippen LogP contribution in [0.5, 0.6) is 5.88 Å². The van der Waals surface area contributed by atoms with Crippen molar-refractivity contribution in [1.82, 2.24) is 14.9 Å². The van der Waals surface area contributed by atoms with E-state index in [1.807, 2.05) is 20.8 Å². The van der Waals surface area contributed by atoms with E-state index in [9.17, 15) is 14.7 Å². The molecule has 0 bridgehead atoms. The summed E-state index contributed by atoms with van der Waals surface area (Å²) >= 11 is 1.63. The Morgan fingerprint density at radius 3 is 2.59 bits per heavy atom. The number of aryl methyl sites for hydroxylation is 1. The summed E-state index contributed by atoms with van der Waals surface area (Å²) in [5.41, 5.74) is 5.86. The number of hydrogen-bond acceptors (Lipinski definition) is 8. The topological polar surface area (TPSA) is 128 Å². The minimum Gasteiger partial charge on any atom is -0.474 e. The number of fused-ring (bicyclic) bond motifs is 3. The molecular formula is C24H34N4O5S. The predicted molar refractivity (Wildman–Crippen MR) is 129 cm³/mol. The number of aliphatic hydroxyl groups excluding tert-OH is 1. The molecule has 10 heteroatoms. The number of rotatable bonds is 6. The van der Waals surface area contributed by atoms with E-state index in [1.165, 1.54) is 11.2 Å². The monoisotopic (exact) mass is 490 g/mol. The van der Waals surface area contributed by atoms with Gasteiger partial charge in [0.2, 0.25) is 11.8 Å². The highest BCUT2D eigenvalue weighted by Crippen LogP contribution is 2.47. The lowest BCUT2D eigenvalue weighted by atomic mass is 9.92. The van der Waals surface area contributed by atoms with Crippen LogP contribution < -0.4 is 10.5 Å². The van der Waals surface area contributed by atoms with Crippen LogP contribution >= 0.6 is 11.3 Å². The van der Waals surface area contributed by atoms with E-state index in [1.54, 1.807) is 23.3 Å². The summed E-state index contributed by atoms with van der Waals surface area (Å²) in [5, 5.41) is 11.0. The van der Waals surface area contributed by atoms with Gasteiger partial charge in [0.25, 0.3) is 0 Å². The summed E-state index contributed by atoms with van der Waals surface area (Å²) in [6.07, 6.45) is 5.35. The van der Waals surface area contributed by atoms with Crippen LogP contribution in [-0.2, 0) is 16.0 Å². The zero-order chi connectivity index (χ0) is 24.6. The third-order valence-corrected chi connectivity index (χ3v) is 7.86. The third-order valence-electron chi connectivity index (χ3n) is 6.68. The Morgan fingerprint density at radius 2 is 1.94 bits per heavy atom. The maximum Gasteiger partial charge on any atom is 0.410 e. The number of aliphatic hydroxyl groups is 1. The Kier molecular flexibility index (Phi) is 7.00. The molecule has 34 heavy (non-hydrogen) atoms. The minimum atomic E-state index is -1.17. The fourth-order valence-electron chi connectivity index (χ4n) is 4.94. The molecule has 0 spiro atoms. The standard InChI is InChI=1S/C24H34N4O5S/c1-24(2,3)33-23(31)28(4)14-6-8-15(9-7-14)32-21-19-18-13(11-16(29)20(25)30)5-10-17(18)34-22(19)27-12-26-21/h12-16,29H,5-11H2,1-4H3,(H2,25,30)/t13-,14?,15?,16-/m1/s1. The average molecular weight is 491 g/mol. The molecule has 2 aromatic rings. The number of amides is 2. The van der Waals surface area contributed by atoms with Crippen molar-refractivity contribution in [2.45, 2.75) is 95.5 Å². The maximum atomic E-state index is 12.4. The van der Waals surface area contributed by atoms with Crippen LogP contribution in [-0.4, -0.2) is 62.9 Å². The number of aromatic nitrogens is 2. The molecule has 9 nitrogen and oxygen atoms in total. The summed E-state index contributed by atoms with van der Waals surface area (Å²) in [6, 6.07) is 0.116. The van der Waals surface area contributed by atoms with Gasteiger partial charge >= 0.3 is 6.09 Å². The lowest BCUT2D eigenvalue weighted by Crippen LogP contribution is -2.43. The first-order valence-corrected chi connectivity index (χ1v) is 12.7. The van der Waals surface area contributed by atoms with Crippen molar-refractivity contribution in [2.75, 3.05) is 7.05 Å². The van der Waals surface area contributed by atoms with E-state index < -0.39 is 17.6 Å². The first-order chi connectivity index (χ1) is 16.0. The van der Waals surface area contributed by atoms with Crippen LogP contribution in [0.25, 0.3) is 10.2 Å². The van der Waals surface area contributed by atoms with E-state index in [0.717, 1.165) is 54.3 Å². The molecule has 1 saturated carbocycles. The van der Waals surface area contributed by atoms with Crippen LogP contribution in [0.2, 0.25) is 0 Å². The van der Waals surface area contributed by atoms with E-state index in [0.29, 0.717) is 12.3 Å². The number of thiophene rings is 1. The Labute approximate surface area is 203 Å². The summed E-state index contributed by atoms with van der Waals surface area (Å²) in [6.45, 7) is 5.60. The second-order valence-corrected chi connectivity index (χ2v) is 11.4. The van der Waals surface area contributed by atoms with Crippen LogP contribution in [0.15, 0.2) is 6.33 Å². The molecule has 2 aliphatic carbocycles. The molecular weight excluding hydrogens is 456 g/mol. The van der Waals surface area contributed by atoms with Gasteiger partial charge in [-0.2, -0.15) is 0 Å². The van der Waals surface area contributed by atoms with Crippen molar-refractivity contribution in [3.63, 3.8) is 0 Å². The van der Waals surface area contributed by atoms with Crippen molar-refractivity contribution in [2.24, 2.45) is 5.73 Å². The van der Waals surface area contributed by atoms with Crippen molar-refractivity contribution in [1.29, 1.82) is 0 Å². The second-order valence-electron chi connectivity index (χ2n) is 10.3. The van der Waals surface area contributed by atoms with Gasteiger partial charge in [-0.3, -0.25) is 4.79 Å². The quantitative estimate of drug-likeness (QED) is 0.634. The highest BCUT2D eigenvalue weighted by molar-refractivity contribution is 7.19. The first kappa shape index (κ1) is 24.7. The van der Waals surface area contributed by atoms with Crippen molar-refractivity contribution in [3.05, 3.63) is 16.8 Å². The number of hydrogen-bond donors (Lipinski definition) is 2. The van der Waals surface area contributed by atoms with Crippen LogP contribution in [0.3, 0.4) is 0 Å². The Balaban J connectivity index is 1.45. The highest BCUT2D eigenvalue weighted by atomic mass is 32.1. The predicted octanol–water partition coefficient (Wildman–Crippen LogP) is 3.51. The molecule has 1 fully saturated rings. The molecule has 0 aliphatic heterocycles. The fourth-order valence-corrected chi connectivity index (χ4v) is 6.17. The van der Waals surface area contributed by atoms with E-state index in [4.69, 9.17) is 15.2 Å². The smallest absolute Gasteiger partial charge is 0.410 e. The summed E-state index contributed by atoms with van der Waals surface area (Å²) < 4.78 is 11.9. The van der Waals surface area contributed by atoms with Crippen molar-refractivity contribution < 1.29 is 24.2 Å². The van der Waals surface area contributed by atoms with Gasteiger partial charge in [0.05, 0.1) is 5.39 Å².